The van der Waals surface area contributed by atoms with Crippen LogP contribution in [-0.4, -0.2) is 11.4 Å². The molecule has 1 saturated heterocycles. The zero-order chi connectivity index (χ0) is 13.1. The Labute approximate surface area is 115 Å². The van der Waals surface area contributed by atoms with Crippen LogP contribution in [0.15, 0.2) is 60.7 Å². The second-order valence-electron chi connectivity index (χ2n) is 5.30. The van der Waals surface area contributed by atoms with Gasteiger partial charge in [-0.2, -0.15) is 0 Å². The number of unbranched alkanes of at least 4 members (excludes halogenated alkanes) is 1. The van der Waals surface area contributed by atoms with Crippen LogP contribution in [0.3, 0.4) is 0 Å². The normalized spacial score (nSPS) is 25.2. The SMILES string of the molecule is CCCCN1[C@H](c2ccccc2)[C@@H]1c1ccccc1. The van der Waals surface area contributed by atoms with Crippen molar-refractivity contribution in [1.82, 2.24) is 4.90 Å². The molecule has 3 rings (SSSR count). The average molecular weight is 251 g/mol. The van der Waals surface area contributed by atoms with E-state index in [0.29, 0.717) is 12.1 Å². The first kappa shape index (κ1) is 12.4. The maximum Gasteiger partial charge on any atom is 0.0552 e. The summed E-state index contributed by atoms with van der Waals surface area (Å²) in [5.41, 5.74) is 2.90. The standard InChI is InChI=1S/C18H21N/c1-2-3-14-19-17(15-10-6-4-7-11-15)18(19)16-12-8-5-9-13-16/h4-13,17-18H,2-3,14H2,1H3/t17-,18+,19?. The van der Waals surface area contributed by atoms with Crippen molar-refractivity contribution in [1.29, 1.82) is 0 Å². The van der Waals surface area contributed by atoms with Crippen molar-refractivity contribution in [3.05, 3.63) is 71.8 Å². The predicted octanol–water partition coefficient (Wildman–Crippen LogP) is 4.58. The number of nitrogens with zero attached hydrogens (tertiary/aromatic N) is 1. The van der Waals surface area contributed by atoms with Crippen LogP contribution in [0, 0.1) is 0 Å². The molecular formula is C18H21N. The molecule has 1 nitrogen and oxygen atoms in total. The summed E-state index contributed by atoms with van der Waals surface area (Å²) >= 11 is 0. The molecule has 1 heteroatoms. The van der Waals surface area contributed by atoms with Crippen LogP contribution in [0.5, 0.6) is 0 Å². The van der Waals surface area contributed by atoms with E-state index in [2.05, 4.69) is 72.5 Å². The van der Waals surface area contributed by atoms with Crippen molar-refractivity contribution in [3.63, 3.8) is 0 Å². The van der Waals surface area contributed by atoms with Gasteiger partial charge in [-0.1, -0.05) is 74.0 Å². The highest BCUT2D eigenvalue weighted by atomic mass is 15.3. The Morgan fingerprint density at radius 3 is 1.68 bits per heavy atom. The van der Waals surface area contributed by atoms with Gasteiger partial charge < -0.3 is 0 Å². The van der Waals surface area contributed by atoms with Gasteiger partial charge >= 0.3 is 0 Å². The first-order valence-electron chi connectivity index (χ1n) is 7.27. The first-order valence-corrected chi connectivity index (χ1v) is 7.27. The first-order chi connectivity index (χ1) is 9.42. The van der Waals surface area contributed by atoms with E-state index in [9.17, 15) is 0 Å². The minimum Gasteiger partial charge on any atom is -0.285 e. The molecule has 1 heterocycles. The van der Waals surface area contributed by atoms with Gasteiger partial charge in [-0.05, 0) is 24.1 Å². The van der Waals surface area contributed by atoms with Gasteiger partial charge in [0.1, 0.15) is 0 Å². The van der Waals surface area contributed by atoms with Crippen molar-refractivity contribution in [2.75, 3.05) is 6.54 Å². The Balaban J connectivity index is 1.82. The molecule has 3 atom stereocenters. The molecule has 0 amide bonds. The van der Waals surface area contributed by atoms with Gasteiger partial charge in [0, 0.05) is 0 Å². The molecule has 0 saturated carbocycles. The monoisotopic (exact) mass is 251 g/mol. The molecule has 1 aliphatic rings. The number of rotatable bonds is 5. The summed E-state index contributed by atoms with van der Waals surface area (Å²) in [4.78, 5) is 2.62. The van der Waals surface area contributed by atoms with Gasteiger partial charge in [-0.3, -0.25) is 4.90 Å². The molecule has 0 aliphatic carbocycles. The van der Waals surface area contributed by atoms with Gasteiger partial charge in [0.15, 0.2) is 0 Å². The van der Waals surface area contributed by atoms with Gasteiger partial charge in [0.25, 0.3) is 0 Å². The van der Waals surface area contributed by atoms with E-state index < -0.39 is 0 Å². The van der Waals surface area contributed by atoms with Gasteiger partial charge in [0.05, 0.1) is 12.1 Å². The average Bonchev–Trinajstić information content (AvgIpc) is 3.21. The van der Waals surface area contributed by atoms with Crippen molar-refractivity contribution >= 4 is 0 Å². The Kier molecular flexibility index (Phi) is 3.65. The minimum absolute atomic E-state index is 0.579. The topological polar surface area (TPSA) is 3.01 Å². The quantitative estimate of drug-likeness (QED) is 0.703. The molecule has 19 heavy (non-hydrogen) atoms. The van der Waals surface area contributed by atoms with Crippen LogP contribution < -0.4 is 0 Å². The Morgan fingerprint density at radius 2 is 1.26 bits per heavy atom. The lowest BCUT2D eigenvalue weighted by Crippen LogP contribution is -2.01. The number of benzene rings is 2. The largest absolute Gasteiger partial charge is 0.285 e. The molecule has 1 unspecified atom stereocenters. The highest BCUT2D eigenvalue weighted by Crippen LogP contribution is 2.54. The van der Waals surface area contributed by atoms with Crippen LogP contribution in [-0.2, 0) is 0 Å². The summed E-state index contributed by atoms with van der Waals surface area (Å²) in [6, 6.07) is 23.0. The summed E-state index contributed by atoms with van der Waals surface area (Å²) in [6.07, 6.45) is 2.55. The van der Waals surface area contributed by atoms with E-state index in [4.69, 9.17) is 0 Å². The van der Waals surface area contributed by atoms with E-state index in [1.165, 1.54) is 30.5 Å². The third-order valence-corrected chi connectivity index (χ3v) is 3.98. The smallest absolute Gasteiger partial charge is 0.0552 e. The summed E-state index contributed by atoms with van der Waals surface area (Å²) < 4.78 is 0. The van der Waals surface area contributed by atoms with E-state index in [-0.39, 0.29) is 0 Å². The second kappa shape index (κ2) is 5.58. The highest BCUT2D eigenvalue weighted by molar-refractivity contribution is 5.34. The number of hydrogen-bond acceptors (Lipinski definition) is 1. The van der Waals surface area contributed by atoms with E-state index in [1.807, 2.05) is 0 Å². The molecular weight excluding hydrogens is 230 g/mol. The second-order valence-corrected chi connectivity index (χ2v) is 5.30. The Hall–Kier alpha value is -1.60. The fourth-order valence-corrected chi connectivity index (χ4v) is 2.94. The minimum atomic E-state index is 0.579. The van der Waals surface area contributed by atoms with Crippen molar-refractivity contribution in [2.24, 2.45) is 0 Å². The molecule has 2 aromatic rings. The summed E-state index contributed by atoms with van der Waals surface area (Å²) in [7, 11) is 0. The summed E-state index contributed by atoms with van der Waals surface area (Å²) in [5, 5.41) is 0. The fourth-order valence-electron chi connectivity index (χ4n) is 2.94. The summed E-state index contributed by atoms with van der Waals surface area (Å²) in [6.45, 7) is 3.47. The number of hydrogen-bond donors (Lipinski definition) is 0. The molecule has 0 radical (unpaired) electrons. The summed E-state index contributed by atoms with van der Waals surface area (Å²) in [5.74, 6) is 0. The Morgan fingerprint density at radius 1 is 0.789 bits per heavy atom. The van der Waals surface area contributed by atoms with Crippen LogP contribution in [0.25, 0.3) is 0 Å². The lowest BCUT2D eigenvalue weighted by molar-refractivity contribution is 0.467. The van der Waals surface area contributed by atoms with Crippen molar-refractivity contribution < 1.29 is 0 Å². The molecule has 0 aromatic heterocycles. The van der Waals surface area contributed by atoms with Crippen LogP contribution in [0.2, 0.25) is 0 Å². The molecule has 1 fully saturated rings. The van der Waals surface area contributed by atoms with E-state index in [1.54, 1.807) is 0 Å². The van der Waals surface area contributed by atoms with Crippen molar-refractivity contribution in [3.8, 4) is 0 Å². The third-order valence-electron chi connectivity index (χ3n) is 3.98. The van der Waals surface area contributed by atoms with Crippen LogP contribution in [0.1, 0.15) is 43.0 Å². The molecule has 0 N–H and O–H groups in total. The zero-order valence-corrected chi connectivity index (χ0v) is 11.5. The molecule has 0 spiro atoms. The van der Waals surface area contributed by atoms with Gasteiger partial charge in [0.2, 0.25) is 0 Å². The zero-order valence-electron chi connectivity index (χ0n) is 11.5. The lowest BCUT2D eigenvalue weighted by atomic mass is 10.0. The molecule has 2 aromatic carbocycles. The molecule has 1 aliphatic heterocycles. The Bertz CT molecular complexity index is 460. The maximum absolute atomic E-state index is 2.62. The third kappa shape index (κ3) is 2.57. The lowest BCUT2D eigenvalue weighted by Gasteiger charge is -2.02. The molecule has 0 bridgehead atoms. The van der Waals surface area contributed by atoms with Gasteiger partial charge in [-0.25, -0.2) is 0 Å². The van der Waals surface area contributed by atoms with E-state index >= 15 is 0 Å². The van der Waals surface area contributed by atoms with Crippen LogP contribution in [0.4, 0.5) is 0 Å². The van der Waals surface area contributed by atoms with Gasteiger partial charge in [-0.15, -0.1) is 0 Å². The highest BCUT2D eigenvalue weighted by Gasteiger charge is 2.48. The van der Waals surface area contributed by atoms with Crippen LogP contribution >= 0.6 is 0 Å². The van der Waals surface area contributed by atoms with E-state index in [0.717, 1.165) is 0 Å². The predicted molar refractivity (Wildman–Crippen MR) is 80.0 cm³/mol. The van der Waals surface area contributed by atoms with Crippen molar-refractivity contribution in [2.45, 2.75) is 31.8 Å². The maximum atomic E-state index is 2.62. The fraction of sp³-hybridized carbons (Fsp3) is 0.333. The molecule has 98 valence electrons.